The second-order valence-corrected chi connectivity index (χ2v) is 8.88. The Morgan fingerprint density at radius 3 is 1.55 bits per heavy atom. The first kappa shape index (κ1) is 24.9. The molecule has 160 valence electrons. The summed E-state index contributed by atoms with van der Waals surface area (Å²) in [5.41, 5.74) is 12.6. The quantitative estimate of drug-likeness (QED) is 0.501. The summed E-state index contributed by atoms with van der Waals surface area (Å²) in [7, 11) is 0. The van der Waals surface area contributed by atoms with E-state index < -0.39 is 0 Å². The predicted octanol–water partition coefficient (Wildman–Crippen LogP) is 7.53. The highest BCUT2D eigenvalue weighted by atomic mass is 16.5. The van der Waals surface area contributed by atoms with Gasteiger partial charge in [-0.2, -0.15) is 0 Å². The maximum absolute atomic E-state index is 11.9. The molecule has 0 saturated heterocycles. The van der Waals surface area contributed by atoms with Crippen LogP contribution in [0.15, 0.2) is 12.1 Å². The third-order valence-electron chi connectivity index (χ3n) is 6.19. The van der Waals surface area contributed by atoms with Crippen LogP contribution in [0.25, 0.3) is 0 Å². The summed E-state index contributed by atoms with van der Waals surface area (Å²) in [6.45, 7) is 25.2. The predicted molar refractivity (Wildman–Crippen MR) is 125 cm³/mol. The molecular formula is C27H40O2. The second-order valence-electron chi connectivity index (χ2n) is 8.88. The van der Waals surface area contributed by atoms with Crippen LogP contribution in [0.2, 0.25) is 0 Å². The molecule has 0 aliphatic rings. The number of hydrogen-bond acceptors (Lipinski definition) is 2. The first-order valence-electron chi connectivity index (χ1n) is 10.6. The molecule has 0 bridgehead atoms. The molecule has 2 nitrogen and oxygen atoms in total. The lowest BCUT2D eigenvalue weighted by Gasteiger charge is -2.16. The van der Waals surface area contributed by atoms with Gasteiger partial charge in [-0.05, 0) is 131 Å². The Hall–Kier alpha value is -2.09. The van der Waals surface area contributed by atoms with Crippen molar-refractivity contribution in [3.05, 3.63) is 67.8 Å². The highest BCUT2D eigenvalue weighted by Crippen LogP contribution is 2.26. The van der Waals surface area contributed by atoms with Gasteiger partial charge in [0.2, 0.25) is 0 Å². The third kappa shape index (κ3) is 5.95. The Kier molecular flexibility index (Phi) is 8.68. The minimum absolute atomic E-state index is 0.0752. The molecule has 0 aliphatic heterocycles. The van der Waals surface area contributed by atoms with Crippen molar-refractivity contribution < 1.29 is 9.53 Å². The van der Waals surface area contributed by atoms with Crippen molar-refractivity contribution in [2.75, 3.05) is 0 Å². The molecule has 0 aliphatic carbocycles. The summed E-state index contributed by atoms with van der Waals surface area (Å²) in [5, 5.41) is 0. The summed E-state index contributed by atoms with van der Waals surface area (Å²) < 4.78 is 5.23. The summed E-state index contributed by atoms with van der Waals surface area (Å²) in [5.74, 6) is 0.414. The second kappa shape index (κ2) is 10.1. The fourth-order valence-electron chi connectivity index (χ4n) is 3.54. The molecule has 2 aromatic carbocycles. The lowest BCUT2D eigenvalue weighted by Crippen LogP contribution is -2.14. The van der Waals surface area contributed by atoms with Crippen molar-refractivity contribution in [3.63, 3.8) is 0 Å². The van der Waals surface area contributed by atoms with Crippen LogP contribution in [0.4, 0.5) is 0 Å². The molecule has 0 fully saturated rings. The standard InChI is InChI=1S/C14H20O2.C13H20/c1-8(2)16-14(15)13-7-9(3)10(4)11(5)12(13)6;1-8(2)13-7-9(3)10(4)11(5)12(13)6/h7-8H,1-6H3;7-8H,1-6H3. The Bertz CT molecular complexity index is 886. The Morgan fingerprint density at radius 2 is 1.10 bits per heavy atom. The molecule has 0 heterocycles. The first-order valence-corrected chi connectivity index (χ1v) is 10.6. The molecule has 2 rings (SSSR count). The Labute approximate surface area is 178 Å². The number of ether oxygens (including phenoxy) is 1. The van der Waals surface area contributed by atoms with Crippen LogP contribution in [0.3, 0.4) is 0 Å². The van der Waals surface area contributed by atoms with Crippen LogP contribution >= 0.6 is 0 Å². The topological polar surface area (TPSA) is 26.3 Å². The number of rotatable bonds is 3. The number of aryl methyl sites for hydroxylation is 2. The van der Waals surface area contributed by atoms with Crippen LogP contribution in [0.5, 0.6) is 0 Å². The van der Waals surface area contributed by atoms with E-state index in [1.807, 2.05) is 40.7 Å². The largest absolute Gasteiger partial charge is 0.459 e. The van der Waals surface area contributed by atoms with Crippen molar-refractivity contribution in [1.29, 1.82) is 0 Å². The van der Waals surface area contributed by atoms with Crippen molar-refractivity contribution >= 4 is 5.97 Å². The van der Waals surface area contributed by atoms with E-state index in [0.717, 1.165) is 11.1 Å². The van der Waals surface area contributed by atoms with Crippen molar-refractivity contribution in [2.45, 2.75) is 95.1 Å². The van der Waals surface area contributed by atoms with E-state index in [9.17, 15) is 4.79 Å². The number of carbonyl (C=O) groups is 1. The van der Waals surface area contributed by atoms with Gasteiger partial charge < -0.3 is 4.74 Å². The monoisotopic (exact) mass is 396 g/mol. The maximum atomic E-state index is 11.9. The van der Waals surface area contributed by atoms with Gasteiger partial charge in [0, 0.05) is 0 Å². The van der Waals surface area contributed by atoms with Gasteiger partial charge in [-0.1, -0.05) is 19.9 Å². The van der Waals surface area contributed by atoms with Crippen LogP contribution < -0.4 is 0 Å². The minimum atomic E-state index is -0.223. The number of carbonyl (C=O) groups excluding carboxylic acids is 1. The third-order valence-corrected chi connectivity index (χ3v) is 6.19. The van der Waals surface area contributed by atoms with Gasteiger partial charge in [0.05, 0.1) is 11.7 Å². The fourth-order valence-corrected chi connectivity index (χ4v) is 3.54. The Balaban J connectivity index is 0.000000296. The molecule has 0 spiro atoms. The summed E-state index contributed by atoms with van der Waals surface area (Å²) in [6, 6.07) is 4.25. The van der Waals surface area contributed by atoms with Crippen LogP contribution in [-0.2, 0) is 4.74 Å². The zero-order valence-electron chi connectivity index (χ0n) is 20.6. The molecule has 0 saturated carbocycles. The van der Waals surface area contributed by atoms with E-state index in [1.54, 1.807) is 0 Å². The molecule has 0 atom stereocenters. The molecule has 0 radical (unpaired) electrons. The van der Waals surface area contributed by atoms with Gasteiger partial charge in [-0.3, -0.25) is 0 Å². The molecule has 0 aromatic heterocycles. The van der Waals surface area contributed by atoms with Gasteiger partial charge in [-0.25, -0.2) is 4.79 Å². The van der Waals surface area contributed by atoms with Crippen molar-refractivity contribution in [3.8, 4) is 0 Å². The van der Waals surface area contributed by atoms with Gasteiger partial charge >= 0.3 is 5.97 Å². The zero-order valence-corrected chi connectivity index (χ0v) is 20.6. The van der Waals surface area contributed by atoms with E-state index in [-0.39, 0.29) is 12.1 Å². The van der Waals surface area contributed by atoms with E-state index in [2.05, 4.69) is 54.5 Å². The Morgan fingerprint density at radius 1 is 0.655 bits per heavy atom. The van der Waals surface area contributed by atoms with E-state index in [4.69, 9.17) is 4.74 Å². The average Bonchev–Trinajstić information content (AvgIpc) is 2.63. The highest BCUT2D eigenvalue weighted by molar-refractivity contribution is 5.92. The normalized spacial score (nSPS) is 10.8. The summed E-state index contributed by atoms with van der Waals surface area (Å²) >= 11 is 0. The van der Waals surface area contributed by atoms with Crippen LogP contribution in [0.1, 0.15) is 94.0 Å². The minimum Gasteiger partial charge on any atom is -0.459 e. The van der Waals surface area contributed by atoms with E-state index in [0.29, 0.717) is 11.5 Å². The van der Waals surface area contributed by atoms with Gasteiger partial charge in [0.15, 0.2) is 0 Å². The number of esters is 1. The molecule has 0 unspecified atom stereocenters. The van der Waals surface area contributed by atoms with Crippen LogP contribution in [0, 0.1) is 55.4 Å². The van der Waals surface area contributed by atoms with E-state index in [1.165, 1.54) is 38.9 Å². The molecule has 29 heavy (non-hydrogen) atoms. The fraction of sp³-hybridized carbons (Fsp3) is 0.519. The molecule has 0 N–H and O–H groups in total. The first-order chi connectivity index (χ1) is 13.3. The molecule has 0 amide bonds. The lowest BCUT2D eigenvalue weighted by atomic mass is 9.89. The number of benzene rings is 2. The molecule has 2 aromatic rings. The summed E-state index contributed by atoms with van der Waals surface area (Å²) in [4.78, 5) is 11.9. The maximum Gasteiger partial charge on any atom is 0.338 e. The van der Waals surface area contributed by atoms with E-state index >= 15 is 0 Å². The zero-order chi connectivity index (χ0) is 22.6. The lowest BCUT2D eigenvalue weighted by molar-refractivity contribution is 0.0377. The van der Waals surface area contributed by atoms with Crippen LogP contribution in [-0.4, -0.2) is 12.1 Å². The molecular weight excluding hydrogens is 356 g/mol. The SMILES string of the molecule is Cc1cc(C(=O)OC(C)C)c(C)c(C)c1C.Cc1cc(C(C)C)c(C)c(C)c1C. The average molecular weight is 397 g/mol. The van der Waals surface area contributed by atoms with Crippen molar-refractivity contribution in [2.24, 2.45) is 0 Å². The van der Waals surface area contributed by atoms with Gasteiger partial charge in [0.1, 0.15) is 0 Å². The smallest absolute Gasteiger partial charge is 0.338 e. The molecule has 2 heteroatoms. The van der Waals surface area contributed by atoms with Crippen molar-refractivity contribution in [1.82, 2.24) is 0 Å². The van der Waals surface area contributed by atoms with Gasteiger partial charge in [-0.15, -0.1) is 0 Å². The highest BCUT2D eigenvalue weighted by Gasteiger charge is 2.15. The summed E-state index contributed by atoms with van der Waals surface area (Å²) in [6.07, 6.45) is -0.0752. The number of hydrogen-bond donors (Lipinski definition) is 0. The van der Waals surface area contributed by atoms with Gasteiger partial charge in [0.25, 0.3) is 0 Å².